The molecule has 1 aromatic heterocycles. The number of rotatable bonds is 4. The Morgan fingerprint density at radius 1 is 1.67 bits per heavy atom. The fraction of sp³-hybridized carbons (Fsp3) is 0.667. The second kappa shape index (κ2) is 4.58. The monoisotopic (exact) mass is 185 g/mol. The highest BCUT2D eigenvalue weighted by atomic mass is 32.1. The van der Waals surface area contributed by atoms with Crippen LogP contribution < -0.4 is 0 Å². The van der Waals surface area contributed by atoms with Crippen LogP contribution in [-0.2, 0) is 6.42 Å². The second-order valence-corrected chi connectivity index (χ2v) is 3.99. The number of aliphatic hydroxyl groups is 1. The molecule has 0 saturated carbocycles. The van der Waals surface area contributed by atoms with Crippen molar-refractivity contribution in [1.29, 1.82) is 0 Å². The summed E-state index contributed by atoms with van der Waals surface area (Å²) in [6.07, 6.45) is 1.95. The van der Waals surface area contributed by atoms with E-state index >= 15 is 0 Å². The maximum Gasteiger partial charge on any atom is 0.0931 e. The van der Waals surface area contributed by atoms with E-state index in [1.165, 1.54) is 0 Å². The largest absolute Gasteiger partial charge is 0.396 e. The molecule has 0 bridgehead atoms. The highest BCUT2D eigenvalue weighted by molar-refractivity contribution is 7.09. The van der Waals surface area contributed by atoms with Crippen LogP contribution in [0.2, 0.25) is 0 Å². The summed E-state index contributed by atoms with van der Waals surface area (Å²) < 4.78 is 0. The predicted octanol–water partition coefficient (Wildman–Crippen LogP) is 2.01. The lowest BCUT2D eigenvalue weighted by atomic mass is 10.0. The first-order valence-corrected chi connectivity index (χ1v) is 5.16. The Kier molecular flexibility index (Phi) is 3.69. The van der Waals surface area contributed by atoms with E-state index in [2.05, 4.69) is 17.3 Å². The molecule has 1 unspecified atom stereocenters. The van der Waals surface area contributed by atoms with E-state index in [4.69, 9.17) is 5.11 Å². The molecule has 12 heavy (non-hydrogen) atoms. The number of aromatic nitrogens is 1. The summed E-state index contributed by atoms with van der Waals surface area (Å²) in [5.74, 6) is 0.385. The number of aliphatic hydroxyl groups excluding tert-OH is 1. The third kappa shape index (κ3) is 2.57. The molecular formula is C9H15NOS. The van der Waals surface area contributed by atoms with Gasteiger partial charge in [-0.3, -0.25) is 0 Å². The van der Waals surface area contributed by atoms with E-state index in [1.54, 1.807) is 11.3 Å². The summed E-state index contributed by atoms with van der Waals surface area (Å²) in [6.45, 7) is 4.37. The molecule has 0 aromatic carbocycles. The van der Waals surface area contributed by atoms with Crippen LogP contribution in [0.4, 0.5) is 0 Å². The van der Waals surface area contributed by atoms with Crippen LogP contribution in [0.5, 0.6) is 0 Å². The molecule has 0 saturated heterocycles. The lowest BCUT2D eigenvalue weighted by molar-refractivity contribution is 0.222. The summed E-state index contributed by atoms with van der Waals surface area (Å²) in [7, 11) is 0. The number of nitrogens with zero attached hydrogens (tertiary/aromatic N) is 1. The van der Waals surface area contributed by atoms with E-state index in [9.17, 15) is 0 Å². The van der Waals surface area contributed by atoms with E-state index < -0.39 is 0 Å². The Labute approximate surface area is 77.3 Å². The highest BCUT2D eigenvalue weighted by Crippen LogP contribution is 2.15. The van der Waals surface area contributed by atoms with Gasteiger partial charge < -0.3 is 5.11 Å². The molecule has 0 spiro atoms. The molecule has 2 nitrogen and oxygen atoms in total. The third-order valence-corrected chi connectivity index (χ3v) is 2.95. The first kappa shape index (κ1) is 9.68. The molecule has 0 aliphatic rings. The molecule has 1 atom stereocenters. The Morgan fingerprint density at radius 3 is 2.83 bits per heavy atom. The Hall–Kier alpha value is -0.410. The highest BCUT2D eigenvalue weighted by Gasteiger charge is 2.07. The molecule has 1 N–H and O–H groups in total. The van der Waals surface area contributed by atoms with Gasteiger partial charge in [0.1, 0.15) is 0 Å². The van der Waals surface area contributed by atoms with Gasteiger partial charge in [-0.1, -0.05) is 13.3 Å². The average molecular weight is 185 g/mol. The van der Waals surface area contributed by atoms with E-state index in [1.807, 2.05) is 6.92 Å². The van der Waals surface area contributed by atoms with Gasteiger partial charge in [0.15, 0.2) is 0 Å². The minimum atomic E-state index is 0.273. The standard InChI is InChI=1S/C9H15NOS/c1-3-8(5-11)4-9-10-7(2)6-12-9/h6,8,11H,3-5H2,1-2H3. The molecule has 68 valence electrons. The zero-order valence-electron chi connectivity index (χ0n) is 7.58. The number of hydrogen-bond acceptors (Lipinski definition) is 3. The number of hydrogen-bond donors (Lipinski definition) is 1. The van der Waals surface area contributed by atoms with Gasteiger partial charge >= 0.3 is 0 Å². The van der Waals surface area contributed by atoms with Crippen molar-refractivity contribution >= 4 is 11.3 Å². The van der Waals surface area contributed by atoms with Crippen molar-refractivity contribution in [3.05, 3.63) is 16.1 Å². The van der Waals surface area contributed by atoms with Crippen LogP contribution in [-0.4, -0.2) is 16.7 Å². The van der Waals surface area contributed by atoms with Crippen LogP contribution in [0, 0.1) is 12.8 Å². The summed E-state index contributed by atoms with van der Waals surface area (Å²) >= 11 is 1.69. The van der Waals surface area contributed by atoms with Gasteiger partial charge in [-0.05, 0) is 12.8 Å². The van der Waals surface area contributed by atoms with Gasteiger partial charge in [0.2, 0.25) is 0 Å². The quantitative estimate of drug-likeness (QED) is 0.778. The molecule has 0 amide bonds. The van der Waals surface area contributed by atoms with Crippen molar-refractivity contribution in [2.75, 3.05) is 6.61 Å². The molecule has 0 aliphatic heterocycles. The maximum absolute atomic E-state index is 8.97. The Balaban J connectivity index is 2.50. The van der Waals surface area contributed by atoms with Crippen LogP contribution >= 0.6 is 11.3 Å². The van der Waals surface area contributed by atoms with Gasteiger partial charge in [0.25, 0.3) is 0 Å². The van der Waals surface area contributed by atoms with Crippen LogP contribution in [0.25, 0.3) is 0 Å². The normalized spacial score (nSPS) is 13.2. The summed E-state index contributed by atoms with van der Waals surface area (Å²) in [5, 5.41) is 12.2. The number of thiazole rings is 1. The van der Waals surface area contributed by atoms with Crippen molar-refractivity contribution in [1.82, 2.24) is 4.98 Å². The SMILES string of the molecule is CCC(CO)Cc1nc(C)cs1. The fourth-order valence-electron chi connectivity index (χ4n) is 1.08. The van der Waals surface area contributed by atoms with Crippen LogP contribution in [0.15, 0.2) is 5.38 Å². The zero-order valence-corrected chi connectivity index (χ0v) is 8.40. The zero-order chi connectivity index (χ0) is 8.97. The van der Waals surface area contributed by atoms with Crippen molar-refractivity contribution < 1.29 is 5.11 Å². The summed E-state index contributed by atoms with van der Waals surface area (Å²) in [6, 6.07) is 0. The third-order valence-electron chi connectivity index (χ3n) is 1.97. The molecule has 3 heteroatoms. The van der Waals surface area contributed by atoms with Crippen molar-refractivity contribution in [3.63, 3.8) is 0 Å². The van der Waals surface area contributed by atoms with E-state index in [-0.39, 0.29) is 6.61 Å². The average Bonchev–Trinajstić information content (AvgIpc) is 2.47. The van der Waals surface area contributed by atoms with Crippen molar-refractivity contribution in [2.45, 2.75) is 26.7 Å². The molecule has 0 fully saturated rings. The van der Waals surface area contributed by atoms with Crippen molar-refractivity contribution in [3.8, 4) is 0 Å². The van der Waals surface area contributed by atoms with Crippen molar-refractivity contribution in [2.24, 2.45) is 5.92 Å². The van der Waals surface area contributed by atoms with Crippen LogP contribution in [0.3, 0.4) is 0 Å². The van der Waals surface area contributed by atoms with Gasteiger partial charge in [-0.15, -0.1) is 11.3 Å². The summed E-state index contributed by atoms with van der Waals surface area (Å²) in [5.41, 5.74) is 1.09. The Bertz CT molecular complexity index is 230. The molecular weight excluding hydrogens is 170 g/mol. The molecule has 1 aromatic rings. The first-order chi connectivity index (χ1) is 5.76. The maximum atomic E-state index is 8.97. The Morgan fingerprint density at radius 2 is 2.42 bits per heavy atom. The van der Waals surface area contributed by atoms with Gasteiger partial charge in [0, 0.05) is 24.1 Å². The molecule has 1 heterocycles. The minimum Gasteiger partial charge on any atom is -0.396 e. The van der Waals surface area contributed by atoms with Gasteiger partial charge in [-0.25, -0.2) is 4.98 Å². The van der Waals surface area contributed by atoms with Gasteiger partial charge in [0.05, 0.1) is 5.01 Å². The topological polar surface area (TPSA) is 33.1 Å². The first-order valence-electron chi connectivity index (χ1n) is 4.28. The van der Waals surface area contributed by atoms with E-state index in [0.717, 1.165) is 23.5 Å². The molecule has 0 aliphatic carbocycles. The predicted molar refractivity (Wildman–Crippen MR) is 51.4 cm³/mol. The summed E-state index contributed by atoms with van der Waals surface area (Å²) in [4.78, 5) is 4.35. The smallest absolute Gasteiger partial charge is 0.0931 e. The van der Waals surface area contributed by atoms with Crippen LogP contribution in [0.1, 0.15) is 24.0 Å². The van der Waals surface area contributed by atoms with Gasteiger partial charge in [-0.2, -0.15) is 0 Å². The second-order valence-electron chi connectivity index (χ2n) is 3.04. The lowest BCUT2D eigenvalue weighted by Gasteiger charge is -2.07. The fourth-order valence-corrected chi connectivity index (χ4v) is 1.97. The molecule has 1 rings (SSSR count). The number of aryl methyl sites for hydroxylation is 1. The lowest BCUT2D eigenvalue weighted by Crippen LogP contribution is -2.07. The molecule has 0 radical (unpaired) electrons. The van der Waals surface area contributed by atoms with E-state index in [0.29, 0.717) is 5.92 Å². The minimum absolute atomic E-state index is 0.273.